The Morgan fingerprint density at radius 1 is 0.846 bits per heavy atom. The Morgan fingerprint density at radius 3 is 2.28 bits per heavy atom. The third-order valence-corrected chi connectivity index (χ3v) is 13.4. The van der Waals surface area contributed by atoms with Crippen LogP contribution in [0.2, 0.25) is 0 Å². The largest absolute Gasteiger partial charge is 0.508 e. The second kappa shape index (κ2) is 7.17. The Kier molecular flexibility index (Phi) is 4.06. The molecule has 1 N–H and O–H groups in total. The first kappa shape index (κ1) is 22.1. The molecule has 3 nitrogen and oxygen atoms in total. The second-order valence-corrected chi connectivity index (χ2v) is 14.3. The predicted octanol–water partition coefficient (Wildman–Crippen LogP) is 6.31. The van der Waals surface area contributed by atoms with Crippen LogP contribution in [0.3, 0.4) is 0 Å². The minimum absolute atomic E-state index is 0.263. The van der Waals surface area contributed by atoms with E-state index in [9.17, 15) is 5.11 Å². The molecule has 2 bridgehead atoms. The number of aromatic hydroxyl groups is 1. The quantitative estimate of drug-likeness (QED) is 0.442. The molecule has 2 saturated heterocycles. The minimum atomic E-state index is 0.263. The van der Waals surface area contributed by atoms with Gasteiger partial charge in [0.1, 0.15) is 5.75 Å². The van der Waals surface area contributed by atoms with Gasteiger partial charge in [-0.15, -0.1) is 0 Å². The molecule has 4 saturated carbocycles. The third-order valence-electron chi connectivity index (χ3n) is 13.4. The lowest BCUT2D eigenvalue weighted by atomic mass is 9.26. The lowest BCUT2D eigenvalue weighted by Crippen LogP contribution is -2.92. The molecule has 3 heteroatoms. The van der Waals surface area contributed by atoms with E-state index in [0.29, 0.717) is 34.6 Å². The summed E-state index contributed by atoms with van der Waals surface area (Å²) in [6, 6.07) is 31.7. The average Bonchev–Trinajstić information content (AvgIpc) is 3.43. The van der Waals surface area contributed by atoms with Gasteiger partial charge in [-0.3, -0.25) is 9.80 Å². The molecule has 2 aliphatic heterocycles. The zero-order valence-corrected chi connectivity index (χ0v) is 22.7. The molecular weight excluding hydrogens is 476 g/mol. The van der Waals surface area contributed by atoms with Gasteiger partial charge in [-0.05, 0) is 90.2 Å². The van der Waals surface area contributed by atoms with Crippen LogP contribution in [-0.2, 0) is 11.8 Å². The van der Waals surface area contributed by atoms with E-state index in [1.54, 1.807) is 11.1 Å². The monoisotopic (exact) mass is 514 g/mol. The van der Waals surface area contributed by atoms with Gasteiger partial charge in [0.15, 0.2) is 0 Å². The van der Waals surface area contributed by atoms with Crippen LogP contribution in [-0.4, -0.2) is 46.1 Å². The molecule has 0 amide bonds. The van der Waals surface area contributed by atoms with E-state index in [1.165, 1.54) is 69.2 Å². The fraction of sp³-hybridized carbons (Fsp3) is 0.500. The highest BCUT2D eigenvalue weighted by Crippen LogP contribution is 2.90. The van der Waals surface area contributed by atoms with Crippen molar-refractivity contribution in [3.8, 4) is 5.75 Å². The first-order valence-electron chi connectivity index (χ1n) is 15.6. The summed E-state index contributed by atoms with van der Waals surface area (Å²) >= 11 is 0. The highest BCUT2D eigenvalue weighted by molar-refractivity contribution is 5.61. The summed E-state index contributed by atoms with van der Waals surface area (Å²) in [7, 11) is 0. The smallest absolute Gasteiger partial charge is 0.115 e. The lowest BCUT2D eigenvalue weighted by Gasteiger charge is -2.85. The van der Waals surface area contributed by atoms with Gasteiger partial charge in [-0.25, -0.2) is 0 Å². The van der Waals surface area contributed by atoms with Crippen LogP contribution in [0.4, 0.5) is 0 Å². The van der Waals surface area contributed by atoms with Crippen molar-refractivity contribution in [2.45, 2.75) is 74.5 Å². The number of phenolic OH excluding ortho intramolecular Hbond substituents is 1. The zero-order valence-electron chi connectivity index (χ0n) is 22.7. The molecule has 2 spiro atoms. The van der Waals surface area contributed by atoms with Crippen molar-refractivity contribution in [1.29, 1.82) is 0 Å². The van der Waals surface area contributed by atoms with Crippen LogP contribution in [0.25, 0.3) is 0 Å². The molecule has 6 fully saturated rings. The average molecular weight is 515 g/mol. The van der Waals surface area contributed by atoms with Gasteiger partial charge in [0, 0.05) is 42.0 Å². The van der Waals surface area contributed by atoms with Crippen LogP contribution in [0.5, 0.6) is 5.75 Å². The fourth-order valence-corrected chi connectivity index (χ4v) is 12.6. The van der Waals surface area contributed by atoms with Gasteiger partial charge in [0.25, 0.3) is 0 Å². The van der Waals surface area contributed by atoms with Crippen molar-refractivity contribution >= 4 is 0 Å². The Balaban J connectivity index is 1.13. The molecule has 7 atom stereocenters. The number of rotatable bonds is 4. The van der Waals surface area contributed by atoms with E-state index in [2.05, 4.69) is 82.6 Å². The summed E-state index contributed by atoms with van der Waals surface area (Å²) in [5.74, 6) is 1.95. The van der Waals surface area contributed by atoms with Crippen LogP contribution in [0.15, 0.2) is 78.9 Å². The first-order valence-corrected chi connectivity index (χ1v) is 15.6. The summed E-state index contributed by atoms with van der Waals surface area (Å²) in [4.78, 5) is 5.95. The summed E-state index contributed by atoms with van der Waals surface area (Å²) in [5.41, 5.74) is 7.10. The SMILES string of the molecule is Oc1ccc2c(c1)C13C4C5CCC1(C[C@@H]4CN5C(c1ccccc1)c1ccccc1)C1N(C4CCC4)CC13C2. The number of piperidine rings is 1. The van der Waals surface area contributed by atoms with E-state index in [4.69, 9.17) is 0 Å². The van der Waals surface area contributed by atoms with Crippen LogP contribution < -0.4 is 0 Å². The van der Waals surface area contributed by atoms with Crippen LogP contribution >= 0.6 is 0 Å². The highest BCUT2D eigenvalue weighted by Gasteiger charge is 2.93. The molecule has 2 heterocycles. The number of nitrogens with zero attached hydrogens (tertiary/aromatic N) is 2. The van der Waals surface area contributed by atoms with Crippen LogP contribution in [0, 0.1) is 22.7 Å². The van der Waals surface area contributed by atoms with Crippen molar-refractivity contribution in [1.82, 2.24) is 9.80 Å². The van der Waals surface area contributed by atoms with E-state index >= 15 is 0 Å². The van der Waals surface area contributed by atoms with E-state index in [-0.39, 0.29) is 5.41 Å². The third kappa shape index (κ3) is 2.28. The molecule has 3 aromatic rings. The molecule has 39 heavy (non-hydrogen) atoms. The zero-order chi connectivity index (χ0) is 25.6. The van der Waals surface area contributed by atoms with Gasteiger partial charge in [-0.2, -0.15) is 0 Å². The Morgan fingerprint density at radius 2 is 1.59 bits per heavy atom. The summed E-state index contributed by atoms with van der Waals surface area (Å²) in [5, 5.41) is 10.8. The van der Waals surface area contributed by atoms with Crippen molar-refractivity contribution < 1.29 is 5.11 Å². The predicted molar refractivity (Wildman–Crippen MR) is 153 cm³/mol. The molecule has 5 aliphatic carbocycles. The van der Waals surface area contributed by atoms with E-state index in [1.807, 2.05) is 6.07 Å². The van der Waals surface area contributed by atoms with Crippen molar-refractivity contribution in [2.24, 2.45) is 22.7 Å². The van der Waals surface area contributed by atoms with Crippen LogP contribution in [0.1, 0.15) is 66.8 Å². The Bertz CT molecular complexity index is 1440. The number of fused-ring (bicyclic) bond motifs is 1. The van der Waals surface area contributed by atoms with Crippen molar-refractivity contribution in [3.05, 3.63) is 101 Å². The number of hydrogen-bond acceptors (Lipinski definition) is 3. The topological polar surface area (TPSA) is 26.7 Å². The van der Waals surface area contributed by atoms with E-state index < -0.39 is 0 Å². The molecule has 198 valence electrons. The molecule has 6 unspecified atom stereocenters. The summed E-state index contributed by atoms with van der Waals surface area (Å²) in [6.45, 7) is 2.52. The molecule has 0 aromatic heterocycles. The number of likely N-dealkylation sites (tertiary alicyclic amines) is 2. The normalized spacial score (nSPS) is 41.3. The lowest BCUT2D eigenvalue weighted by molar-refractivity contribution is -0.336. The molecule has 0 radical (unpaired) electrons. The molecule has 7 aliphatic rings. The van der Waals surface area contributed by atoms with E-state index in [0.717, 1.165) is 18.0 Å². The number of phenols is 1. The van der Waals surface area contributed by atoms with Gasteiger partial charge < -0.3 is 5.11 Å². The second-order valence-electron chi connectivity index (χ2n) is 14.3. The minimum Gasteiger partial charge on any atom is -0.508 e. The van der Waals surface area contributed by atoms with Crippen molar-refractivity contribution in [2.75, 3.05) is 13.1 Å². The maximum atomic E-state index is 10.8. The Hall–Kier alpha value is -2.62. The Labute approximate surface area is 231 Å². The first-order chi connectivity index (χ1) is 19.2. The fourth-order valence-electron chi connectivity index (χ4n) is 12.6. The standard InChI is InChI=1S/C36H38N2O/c39-28-15-14-25-19-35-22-38(27-12-7-13-27)33(35)34-17-16-30-31(36(34,35)29(25)18-28)26(20-34)21-37(30)32(23-8-3-1-4-9-23)24-10-5-2-6-11-24/h1-6,8-11,14-15,18,26-27,30-33,39H,7,12-13,16-17,19-22H2/t26-,30?,31?,33?,34?,35?,36?/m1/s1. The summed E-state index contributed by atoms with van der Waals surface area (Å²) < 4.78 is 0. The molecule has 10 rings (SSSR count). The van der Waals surface area contributed by atoms with Crippen molar-refractivity contribution in [3.63, 3.8) is 0 Å². The maximum Gasteiger partial charge on any atom is 0.115 e. The number of hydrogen-bond donors (Lipinski definition) is 1. The van der Waals surface area contributed by atoms with Gasteiger partial charge in [0.2, 0.25) is 0 Å². The van der Waals surface area contributed by atoms with Gasteiger partial charge in [0.05, 0.1) is 6.04 Å². The van der Waals surface area contributed by atoms with Gasteiger partial charge in [-0.1, -0.05) is 73.2 Å². The summed E-state index contributed by atoms with van der Waals surface area (Å²) in [6.07, 6.45) is 9.60. The van der Waals surface area contributed by atoms with Gasteiger partial charge >= 0.3 is 0 Å². The highest BCUT2D eigenvalue weighted by atomic mass is 16.3. The maximum absolute atomic E-state index is 10.8. The molecular formula is C36H38N2O. The number of benzene rings is 3. The molecule has 3 aromatic carbocycles.